The van der Waals surface area contributed by atoms with Gasteiger partial charge in [-0.25, -0.2) is 0 Å². The number of nitrogens with zero attached hydrogens (tertiary/aromatic N) is 4. The smallest absolute Gasteiger partial charge is 0.148 e. The van der Waals surface area contributed by atoms with Gasteiger partial charge in [0.1, 0.15) is 5.82 Å². The lowest BCUT2D eigenvalue weighted by molar-refractivity contribution is 0.527. The van der Waals surface area contributed by atoms with E-state index in [1.165, 1.54) is 0 Å². The minimum Gasteiger partial charge on any atom is -0.363 e. The van der Waals surface area contributed by atoms with E-state index in [0.717, 1.165) is 11.5 Å². The number of rotatable bonds is 4. The number of hydrogen-bond acceptors (Lipinski definition) is 3. The molecule has 0 bridgehead atoms. The Balaban J connectivity index is 1.94. The van der Waals surface area contributed by atoms with E-state index in [4.69, 9.17) is 0 Å². The van der Waals surface area contributed by atoms with E-state index in [0.29, 0.717) is 12.6 Å². The van der Waals surface area contributed by atoms with Gasteiger partial charge in [-0.1, -0.05) is 0 Å². The van der Waals surface area contributed by atoms with Crippen molar-refractivity contribution in [2.75, 3.05) is 5.32 Å². The summed E-state index contributed by atoms with van der Waals surface area (Å²) >= 11 is 0. The first-order chi connectivity index (χ1) is 7.65. The molecule has 5 nitrogen and oxygen atoms in total. The van der Waals surface area contributed by atoms with Crippen molar-refractivity contribution >= 4 is 5.82 Å². The minimum atomic E-state index is 0.406. The lowest BCUT2D eigenvalue weighted by Gasteiger charge is -2.04. The molecule has 2 heterocycles. The maximum Gasteiger partial charge on any atom is 0.148 e. The zero-order chi connectivity index (χ0) is 11.5. The third-order valence-corrected chi connectivity index (χ3v) is 2.36. The summed E-state index contributed by atoms with van der Waals surface area (Å²) in [4.78, 5) is 0. The molecule has 0 spiro atoms. The van der Waals surface area contributed by atoms with Gasteiger partial charge in [-0.15, -0.1) is 0 Å². The molecular formula is C11H17N5. The van der Waals surface area contributed by atoms with Crippen molar-refractivity contribution in [3.8, 4) is 0 Å². The molecule has 1 N–H and O–H groups in total. The van der Waals surface area contributed by atoms with Crippen LogP contribution in [0.1, 0.15) is 25.6 Å². The van der Waals surface area contributed by atoms with E-state index in [9.17, 15) is 0 Å². The second-order valence-corrected chi connectivity index (χ2v) is 4.11. The number of hydrogen-bond donors (Lipinski definition) is 1. The molecule has 0 saturated heterocycles. The normalized spacial score (nSPS) is 11.0. The monoisotopic (exact) mass is 219 g/mol. The molecule has 0 radical (unpaired) electrons. The van der Waals surface area contributed by atoms with Crippen molar-refractivity contribution in [2.45, 2.75) is 26.4 Å². The van der Waals surface area contributed by atoms with Gasteiger partial charge in [-0.2, -0.15) is 10.2 Å². The molecule has 0 unspecified atom stereocenters. The van der Waals surface area contributed by atoms with Crippen LogP contribution in [0.25, 0.3) is 0 Å². The molecule has 0 saturated carbocycles. The number of nitrogens with one attached hydrogen (secondary N) is 1. The largest absolute Gasteiger partial charge is 0.363 e. The fourth-order valence-electron chi connectivity index (χ4n) is 1.45. The fraction of sp³-hybridized carbons (Fsp3) is 0.455. The van der Waals surface area contributed by atoms with Crippen LogP contribution in [0.3, 0.4) is 0 Å². The SMILES string of the molecule is CC(C)n1ccc(CNc2ccn(C)n2)n1. The Morgan fingerprint density at radius 2 is 2.06 bits per heavy atom. The molecular weight excluding hydrogens is 202 g/mol. The van der Waals surface area contributed by atoms with E-state index in [2.05, 4.69) is 29.4 Å². The maximum absolute atomic E-state index is 4.45. The van der Waals surface area contributed by atoms with Crippen molar-refractivity contribution < 1.29 is 0 Å². The molecule has 2 rings (SSSR count). The number of aryl methyl sites for hydroxylation is 1. The van der Waals surface area contributed by atoms with Gasteiger partial charge in [0.2, 0.25) is 0 Å². The van der Waals surface area contributed by atoms with Gasteiger partial charge in [-0.05, 0) is 19.9 Å². The molecule has 2 aromatic heterocycles. The summed E-state index contributed by atoms with van der Waals surface area (Å²) in [5.41, 5.74) is 1.03. The Morgan fingerprint density at radius 1 is 1.25 bits per heavy atom. The maximum atomic E-state index is 4.45. The molecule has 5 heteroatoms. The molecule has 0 amide bonds. The highest BCUT2D eigenvalue weighted by molar-refractivity contribution is 5.32. The predicted molar refractivity (Wildman–Crippen MR) is 63.1 cm³/mol. The topological polar surface area (TPSA) is 47.7 Å². The van der Waals surface area contributed by atoms with Crippen molar-refractivity contribution in [1.29, 1.82) is 0 Å². The van der Waals surface area contributed by atoms with Crippen molar-refractivity contribution in [1.82, 2.24) is 19.6 Å². The summed E-state index contributed by atoms with van der Waals surface area (Å²) in [6, 6.07) is 4.37. The second-order valence-electron chi connectivity index (χ2n) is 4.11. The molecule has 0 aliphatic heterocycles. The average Bonchev–Trinajstić information content (AvgIpc) is 2.83. The van der Waals surface area contributed by atoms with Crippen LogP contribution < -0.4 is 5.32 Å². The minimum absolute atomic E-state index is 0.406. The van der Waals surface area contributed by atoms with Crippen LogP contribution in [0, 0.1) is 0 Å². The Bertz CT molecular complexity index is 454. The third kappa shape index (κ3) is 2.42. The lowest BCUT2D eigenvalue weighted by atomic mass is 10.4. The highest BCUT2D eigenvalue weighted by Gasteiger charge is 2.02. The van der Waals surface area contributed by atoms with Crippen LogP contribution in [-0.2, 0) is 13.6 Å². The van der Waals surface area contributed by atoms with Gasteiger partial charge in [-0.3, -0.25) is 9.36 Å². The molecule has 86 valence electrons. The zero-order valence-corrected chi connectivity index (χ0v) is 9.88. The fourth-order valence-corrected chi connectivity index (χ4v) is 1.45. The van der Waals surface area contributed by atoms with Crippen LogP contribution in [0.15, 0.2) is 24.5 Å². The van der Waals surface area contributed by atoms with E-state index in [1.54, 1.807) is 4.68 Å². The summed E-state index contributed by atoms with van der Waals surface area (Å²) in [5.74, 6) is 0.876. The van der Waals surface area contributed by atoms with Crippen LogP contribution in [0.2, 0.25) is 0 Å². The molecule has 0 aliphatic carbocycles. The Labute approximate surface area is 95.1 Å². The van der Waals surface area contributed by atoms with Gasteiger partial charge >= 0.3 is 0 Å². The molecule has 2 aromatic rings. The van der Waals surface area contributed by atoms with Crippen molar-refractivity contribution in [2.24, 2.45) is 7.05 Å². The van der Waals surface area contributed by atoms with Crippen LogP contribution >= 0.6 is 0 Å². The van der Waals surface area contributed by atoms with Gasteiger partial charge < -0.3 is 5.32 Å². The van der Waals surface area contributed by atoms with E-state index in [-0.39, 0.29) is 0 Å². The molecule has 0 aromatic carbocycles. The summed E-state index contributed by atoms with van der Waals surface area (Å²) in [7, 11) is 1.90. The molecule has 0 atom stereocenters. The summed E-state index contributed by atoms with van der Waals surface area (Å²) in [6.07, 6.45) is 3.91. The van der Waals surface area contributed by atoms with Crippen molar-refractivity contribution in [3.63, 3.8) is 0 Å². The number of aromatic nitrogens is 4. The lowest BCUT2D eigenvalue weighted by Crippen LogP contribution is -2.05. The molecule has 16 heavy (non-hydrogen) atoms. The van der Waals surface area contributed by atoms with Gasteiger partial charge in [0.25, 0.3) is 0 Å². The van der Waals surface area contributed by atoms with Crippen LogP contribution in [-0.4, -0.2) is 19.6 Å². The Hall–Kier alpha value is -1.78. The van der Waals surface area contributed by atoms with Gasteiger partial charge in [0.15, 0.2) is 0 Å². The van der Waals surface area contributed by atoms with Crippen LogP contribution in [0.4, 0.5) is 5.82 Å². The molecule has 0 aliphatic rings. The van der Waals surface area contributed by atoms with Crippen molar-refractivity contribution in [3.05, 3.63) is 30.2 Å². The Morgan fingerprint density at radius 3 is 2.62 bits per heavy atom. The summed E-state index contributed by atoms with van der Waals surface area (Å²) < 4.78 is 3.73. The first kappa shape index (κ1) is 10.7. The van der Waals surface area contributed by atoms with E-state index in [1.807, 2.05) is 36.3 Å². The van der Waals surface area contributed by atoms with Gasteiger partial charge in [0.05, 0.1) is 12.2 Å². The Kier molecular flexibility index (Phi) is 2.94. The third-order valence-electron chi connectivity index (χ3n) is 2.36. The first-order valence-corrected chi connectivity index (χ1v) is 5.42. The van der Waals surface area contributed by atoms with Gasteiger partial charge in [0, 0.05) is 31.5 Å². The number of anilines is 1. The predicted octanol–water partition coefficient (Wildman–Crippen LogP) is 1.81. The highest BCUT2D eigenvalue weighted by Crippen LogP contribution is 2.07. The van der Waals surface area contributed by atoms with Crippen LogP contribution in [0.5, 0.6) is 0 Å². The first-order valence-electron chi connectivity index (χ1n) is 5.42. The summed E-state index contributed by atoms with van der Waals surface area (Å²) in [5, 5.41) is 11.9. The standard InChI is InChI=1S/C11H17N5/c1-9(2)16-7-4-10(13-16)8-12-11-5-6-15(3)14-11/h4-7,9H,8H2,1-3H3,(H,12,14). The quantitative estimate of drug-likeness (QED) is 0.853. The average molecular weight is 219 g/mol. The summed E-state index contributed by atoms with van der Waals surface area (Å²) in [6.45, 7) is 4.93. The van der Waals surface area contributed by atoms with E-state index >= 15 is 0 Å². The molecule has 0 fully saturated rings. The zero-order valence-electron chi connectivity index (χ0n) is 9.88. The second kappa shape index (κ2) is 4.38. The van der Waals surface area contributed by atoms with E-state index < -0.39 is 0 Å². The highest BCUT2D eigenvalue weighted by atomic mass is 15.3.